The van der Waals surface area contributed by atoms with Crippen molar-refractivity contribution in [3.05, 3.63) is 84.0 Å². The molecule has 0 aromatic heterocycles. The molecule has 2 aromatic rings. The van der Waals surface area contributed by atoms with E-state index in [0.29, 0.717) is 5.75 Å². The van der Waals surface area contributed by atoms with E-state index in [0.717, 1.165) is 22.3 Å². The second-order valence-corrected chi connectivity index (χ2v) is 7.93. The molecule has 0 saturated heterocycles. The Morgan fingerprint density at radius 1 is 1.10 bits per heavy atom. The van der Waals surface area contributed by atoms with Gasteiger partial charge in [-0.1, -0.05) is 72.8 Å². The van der Waals surface area contributed by atoms with Crippen LogP contribution in [0.4, 0.5) is 4.79 Å². The van der Waals surface area contributed by atoms with E-state index in [1.54, 1.807) is 0 Å². The molecule has 2 N–H and O–H groups in total. The largest absolute Gasteiger partial charge is 0.480 e. The maximum Gasteiger partial charge on any atom is 0.407 e. The van der Waals surface area contributed by atoms with Gasteiger partial charge in [0.1, 0.15) is 12.6 Å². The first kappa shape index (κ1) is 21.7. The fraction of sp³-hybridized carbons (Fsp3) is 0.250. The van der Waals surface area contributed by atoms with Crippen LogP contribution in [-0.4, -0.2) is 41.3 Å². The Morgan fingerprint density at radius 2 is 1.73 bits per heavy atom. The van der Waals surface area contributed by atoms with Crippen molar-refractivity contribution in [2.75, 3.05) is 18.1 Å². The lowest BCUT2D eigenvalue weighted by Gasteiger charge is -2.17. The molecule has 3 rings (SSSR count). The van der Waals surface area contributed by atoms with Crippen LogP contribution in [0.1, 0.15) is 24.0 Å². The molecule has 156 valence electrons. The molecule has 6 heteroatoms. The second kappa shape index (κ2) is 10.7. The van der Waals surface area contributed by atoms with E-state index in [1.807, 2.05) is 67.6 Å². The third kappa shape index (κ3) is 5.33. The van der Waals surface area contributed by atoms with Crippen molar-refractivity contribution < 1.29 is 19.4 Å². The number of carbonyl (C=O) groups is 2. The summed E-state index contributed by atoms with van der Waals surface area (Å²) in [4.78, 5) is 23.8. The fourth-order valence-electron chi connectivity index (χ4n) is 3.46. The van der Waals surface area contributed by atoms with Crippen molar-refractivity contribution in [2.45, 2.75) is 18.9 Å². The number of carbonyl (C=O) groups excluding carboxylic acids is 1. The maximum absolute atomic E-state index is 12.3. The molecular weight excluding hydrogens is 398 g/mol. The molecule has 1 aliphatic rings. The topological polar surface area (TPSA) is 75.6 Å². The molecule has 0 bridgehead atoms. The summed E-state index contributed by atoms with van der Waals surface area (Å²) >= 11 is 1.44. The van der Waals surface area contributed by atoms with Gasteiger partial charge in [-0.3, -0.25) is 0 Å². The van der Waals surface area contributed by atoms with Gasteiger partial charge < -0.3 is 15.2 Å². The summed E-state index contributed by atoms with van der Waals surface area (Å²) in [5.74, 6) is -0.203. The summed E-state index contributed by atoms with van der Waals surface area (Å²) in [5.41, 5.74) is 4.52. The van der Waals surface area contributed by atoms with Crippen molar-refractivity contribution >= 4 is 23.8 Å². The van der Waals surface area contributed by atoms with E-state index >= 15 is 0 Å². The molecule has 1 aliphatic carbocycles. The van der Waals surface area contributed by atoms with Crippen LogP contribution in [0, 0.1) is 0 Å². The quantitative estimate of drug-likeness (QED) is 0.446. The van der Waals surface area contributed by atoms with Crippen LogP contribution in [0.25, 0.3) is 11.1 Å². The Morgan fingerprint density at radius 3 is 2.33 bits per heavy atom. The van der Waals surface area contributed by atoms with Crippen molar-refractivity contribution in [1.82, 2.24) is 5.32 Å². The first-order chi connectivity index (χ1) is 14.6. The SMILES string of the molecule is C/C=C/C=C/CSC[C@H](NC(=O)OCC1c2ccccc2-c2ccccc21)C(=O)O. The van der Waals surface area contributed by atoms with Crippen LogP contribution in [0.15, 0.2) is 72.8 Å². The number of carboxylic acid groups (broad SMARTS) is 1. The highest BCUT2D eigenvalue weighted by molar-refractivity contribution is 7.99. The van der Waals surface area contributed by atoms with Crippen molar-refractivity contribution in [1.29, 1.82) is 0 Å². The van der Waals surface area contributed by atoms with Gasteiger partial charge >= 0.3 is 12.1 Å². The molecule has 30 heavy (non-hydrogen) atoms. The standard InChI is InChI=1S/C24H25NO4S/c1-2-3-4-9-14-30-16-22(23(26)27)25-24(28)29-15-21-19-12-7-5-10-17(19)18-11-6-8-13-20(18)21/h2-13,21-22H,14-16H2,1H3,(H,25,28)(H,26,27)/b3-2+,9-4+/t22-/m0/s1. The molecule has 0 radical (unpaired) electrons. The minimum atomic E-state index is -1.08. The number of allylic oxidation sites excluding steroid dienone is 3. The zero-order chi connectivity index (χ0) is 21.3. The number of hydrogen-bond acceptors (Lipinski definition) is 4. The van der Waals surface area contributed by atoms with E-state index in [1.165, 1.54) is 11.8 Å². The second-order valence-electron chi connectivity index (χ2n) is 6.85. The van der Waals surface area contributed by atoms with Gasteiger partial charge in [-0.2, -0.15) is 11.8 Å². The van der Waals surface area contributed by atoms with Crippen LogP contribution in [-0.2, 0) is 9.53 Å². The van der Waals surface area contributed by atoms with Crippen molar-refractivity contribution in [3.8, 4) is 11.1 Å². The van der Waals surface area contributed by atoms with Crippen LogP contribution in [0.5, 0.6) is 0 Å². The minimum absolute atomic E-state index is 0.0578. The van der Waals surface area contributed by atoms with Crippen LogP contribution >= 0.6 is 11.8 Å². The zero-order valence-corrected chi connectivity index (χ0v) is 17.6. The van der Waals surface area contributed by atoms with Gasteiger partial charge in [0.25, 0.3) is 0 Å². The summed E-state index contributed by atoms with van der Waals surface area (Å²) in [6.07, 6.45) is 6.96. The Kier molecular flexibility index (Phi) is 7.74. The van der Waals surface area contributed by atoms with Gasteiger partial charge in [-0.15, -0.1) is 0 Å². The third-order valence-corrected chi connectivity index (χ3v) is 5.87. The highest BCUT2D eigenvalue weighted by atomic mass is 32.2. The Labute approximate surface area is 180 Å². The van der Waals surface area contributed by atoms with Crippen LogP contribution in [0.2, 0.25) is 0 Å². The van der Waals surface area contributed by atoms with Gasteiger partial charge in [-0.05, 0) is 29.2 Å². The molecule has 0 heterocycles. The average molecular weight is 424 g/mol. The highest BCUT2D eigenvalue weighted by Crippen LogP contribution is 2.44. The number of carboxylic acids is 1. The van der Waals surface area contributed by atoms with Gasteiger partial charge in [-0.25, -0.2) is 9.59 Å². The normalized spacial score (nSPS) is 13.9. The smallest absolute Gasteiger partial charge is 0.407 e. The lowest BCUT2D eigenvalue weighted by Crippen LogP contribution is -2.43. The number of rotatable bonds is 9. The number of thioether (sulfide) groups is 1. The summed E-state index contributed by atoms with van der Waals surface area (Å²) in [6.45, 7) is 2.08. The van der Waals surface area contributed by atoms with E-state index in [2.05, 4.69) is 17.4 Å². The molecule has 0 saturated carbocycles. The lowest BCUT2D eigenvalue weighted by molar-refractivity contribution is -0.138. The number of amides is 1. The summed E-state index contributed by atoms with van der Waals surface area (Å²) < 4.78 is 5.43. The molecular formula is C24H25NO4S. The van der Waals surface area contributed by atoms with E-state index in [9.17, 15) is 14.7 Å². The first-order valence-electron chi connectivity index (χ1n) is 9.81. The molecule has 2 aromatic carbocycles. The number of fused-ring (bicyclic) bond motifs is 3. The Hall–Kier alpha value is -2.99. The van der Waals surface area contributed by atoms with Gasteiger partial charge in [0.15, 0.2) is 0 Å². The molecule has 1 amide bonds. The number of ether oxygens (including phenoxy) is 1. The number of benzene rings is 2. The third-order valence-electron chi connectivity index (χ3n) is 4.87. The van der Waals surface area contributed by atoms with Gasteiger partial charge in [0.05, 0.1) is 0 Å². The highest BCUT2D eigenvalue weighted by Gasteiger charge is 2.29. The number of hydrogen-bond donors (Lipinski definition) is 2. The molecule has 0 spiro atoms. The number of nitrogens with one attached hydrogen (secondary N) is 1. The predicted octanol–water partition coefficient (Wildman–Crippen LogP) is 4.84. The summed E-state index contributed by atoms with van der Waals surface area (Å²) in [6, 6.07) is 15.1. The molecule has 0 unspecified atom stereocenters. The fourth-order valence-corrected chi connectivity index (χ4v) is 4.30. The minimum Gasteiger partial charge on any atom is -0.480 e. The van der Waals surface area contributed by atoms with E-state index in [-0.39, 0.29) is 18.3 Å². The molecule has 0 fully saturated rings. The Balaban J connectivity index is 1.56. The maximum atomic E-state index is 12.3. The zero-order valence-electron chi connectivity index (χ0n) is 16.8. The summed E-state index contributed by atoms with van der Waals surface area (Å²) in [5, 5.41) is 11.9. The van der Waals surface area contributed by atoms with Gasteiger partial charge in [0, 0.05) is 17.4 Å². The average Bonchev–Trinajstić information content (AvgIpc) is 3.07. The molecule has 5 nitrogen and oxygen atoms in total. The predicted molar refractivity (Wildman–Crippen MR) is 121 cm³/mol. The number of alkyl carbamates (subject to hydrolysis) is 1. The molecule has 1 atom stereocenters. The monoisotopic (exact) mass is 423 g/mol. The van der Waals surface area contributed by atoms with Gasteiger partial charge in [0.2, 0.25) is 0 Å². The van der Waals surface area contributed by atoms with Crippen molar-refractivity contribution in [3.63, 3.8) is 0 Å². The van der Waals surface area contributed by atoms with Crippen LogP contribution in [0.3, 0.4) is 0 Å². The number of aliphatic carboxylic acids is 1. The Bertz CT molecular complexity index is 908. The van der Waals surface area contributed by atoms with Crippen molar-refractivity contribution in [2.24, 2.45) is 0 Å². The molecule has 0 aliphatic heterocycles. The van der Waals surface area contributed by atoms with Crippen LogP contribution < -0.4 is 5.32 Å². The lowest BCUT2D eigenvalue weighted by atomic mass is 9.98. The first-order valence-corrected chi connectivity index (χ1v) is 11.0. The summed E-state index contributed by atoms with van der Waals surface area (Å²) in [7, 11) is 0. The van der Waals surface area contributed by atoms with E-state index in [4.69, 9.17) is 4.74 Å². The van der Waals surface area contributed by atoms with E-state index < -0.39 is 18.1 Å².